The normalized spacial score (nSPS) is 18.0. The zero-order valence-corrected chi connectivity index (χ0v) is 20.3. The van der Waals surface area contributed by atoms with Crippen LogP contribution in [0.1, 0.15) is 41.0 Å². The number of aryl methyl sites for hydroxylation is 5. The lowest BCUT2D eigenvalue weighted by Crippen LogP contribution is -2.32. The third-order valence-corrected chi connectivity index (χ3v) is 6.28. The molecule has 0 spiro atoms. The second kappa shape index (κ2) is 7.84. The van der Waals surface area contributed by atoms with Gasteiger partial charge in [-0.05, 0) is 53.0 Å². The number of hydrogen-bond donors (Lipinski definition) is 1. The van der Waals surface area contributed by atoms with Crippen molar-refractivity contribution in [1.29, 1.82) is 0 Å². The monoisotopic (exact) mass is 446 g/mol. The molecule has 1 aliphatic heterocycles. The molecule has 9 nitrogen and oxygen atoms in total. The number of nitrogens with one attached hydrogen (secondary N) is 1. The Morgan fingerprint density at radius 1 is 1.00 bits per heavy atom. The van der Waals surface area contributed by atoms with Crippen LogP contribution in [0.4, 0.5) is 0 Å². The molecule has 9 heteroatoms. The number of rotatable bonds is 0. The van der Waals surface area contributed by atoms with Crippen molar-refractivity contribution in [2.75, 3.05) is 13.6 Å². The molecular weight excluding hydrogens is 416 g/mol. The first-order chi connectivity index (χ1) is 15.7. The van der Waals surface area contributed by atoms with Gasteiger partial charge in [-0.25, -0.2) is 4.68 Å². The second-order valence-electron chi connectivity index (χ2n) is 9.04. The molecule has 4 aromatic rings. The van der Waals surface area contributed by atoms with Gasteiger partial charge in [-0.1, -0.05) is 0 Å². The highest BCUT2D eigenvalue weighted by molar-refractivity contribution is 5.93. The molecule has 0 unspecified atom stereocenters. The van der Waals surface area contributed by atoms with Gasteiger partial charge in [-0.3, -0.25) is 19.7 Å². The fourth-order valence-electron chi connectivity index (χ4n) is 4.79. The summed E-state index contributed by atoms with van der Waals surface area (Å²) in [5.41, 5.74) is 8.60. The molecule has 172 valence electrons. The highest BCUT2D eigenvalue weighted by Gasteiger charge is 2.23. The fraction of sp³-hybridized carbons (Fsp3) is 0.417. The van der Waals surface area contributed by atoms with Crippen molar-refractivity contribution in [2.45, 2.75) is 40.3 Å². The summed E-state index contributed by atoms with van der Waals surface area (Å²) in [6, 6.07) is 2.08. The van der Waals surface area contributed by atoms with Crippen LogP contribution >= 0.6 is 0 Å². The van der Waals surface area contributed by atoms with E-state index in [1.807, 2.05) is 39.5 Å². The molecule has 0 saturated carbocycles. The molecular formula is C24H30N8O. The van der Waals surface area contributed by atoms with E-state index in [2.05, 4.69) is 57.5 Å². The van der Waals surface area contributed by atoms with E-state index in [9.17, 15) is 0 Å². The zero-order valence-electron chi connectivity index (χ0n) is 20.3. The molecule has 5 rings (SSSR count). The maximum atomic E-state index is 6.46. The van der Waals surface area contributed by atoms with Crippen molar-refractivity contribution in [3.05, 3.63) is 40.1 Å². The summed E-state index contributed by atoms with van der Waals surface area (Å²) in [4.78, 5) is 7.13. The van der Waals surface area contributed by atoms with E-state index >= 15 is 0 Å². The van der Waals surface area contributed by atoms with Gasteiger partial charge < -0.3 is 4.74 Å². The van der Waals surface area contributed by atoms with Gasteiger partial charge in [0.1, 0.15) is 11.6 Å². The Bertz CT molecular complexity index is 1390. The standard InChI is InChI=1S/C24H30N8O/c1-13-11-30(5)12-21-17(14(2)28-31(21)6)8-9-19-18-10-20(25-16(4)23(18)27-26-19)22-15(3)29-32(7)24(22)33-13/h8-10,13H,11-12H2,1-7H3,(H,26,27)/b9-8+/t13-/m0/s1. The van der Waals surface area contributed by atoms with E-state index in [1.54, 1.807) is 4.68 Å². The Kier molecular flexibility index (Phi) is 5.08. The Labute approximate surface area is 193 Å². The molecule has 0 fully saturated rings. The third kappa shape index (κ3) is 3.62. The van der Waals surface area contributed by atoms with Crippen LogP contribution in [0.25, 0.3) is 34.3 Å². The van der Waals surface area contributed by atoms with Crippen molar-refractivity contribution >= 4 is 23.1 Å². The van der Waals surface area contributed by atoms with Crippen molar-refractivity contribution in [1.82, 2.24) is 39.6 Å². The zero-order chi connectivity index (χ0) is 23.4. The maximum absolute atomic E-state index is 6.46. The van der Waals surface area contributed by atoms with Crippen LogP contribution < -0.4 is 4.74 Å². The minimum atomic E-state index is -0.0451. The number of nitrogens with zero attached hydrogens (tertiary/aromatic N) is 7. The predicted octanol–water partition coefficient (Wildman–Crippen LogP) is 3.40. The topological polar surface area (TPSA) is 89.7 Å². The van der Waals surface area contributed by atoms with Gasteiger partial charge in [-0.15, -0.1) is 0 Å². The first-order valence-electron chi connectivity index (χ1n) is 11.2. The molecule has 0 amide bonds. The number of fused-ring (bicyclic) bond motifs is 4. The Hall–Kier alpha value is -3.46. The molecule has 5 heterocycles. The molecule has 1 aliphatic rings. The Balaban J connectivity index is 1.75. The molecule has 0 aromatic carbocycles. The summed E-state index contributed by atoms with van der Waals surface area (Å²) in [5, 5.41) is 18.1. The van der Waals surface area contributed by atoms with Crippen LogP contribution in [-0.4, -0.2) is 59.3 Å². The first-order valence-corrected chi connectivity index (χ1v) is 11.2. The van der Waals surface area contributed by atoms with E-state index in [1.165, 1.54) is 0 Å². The van der Waals surface area contributed by atoms with Crippen LogP contribution in [0.5, 0.6) is 5.88 Å². The van der Waals surface area contributed by atoms with Gasteiger partial charge in [0.05, 0.1) is 39.7 Å². The molecule has 0 aliphatic carbocycles. The molecule has 0 radical (unpaired) electrons. The van der Waals surface area contributed by atoms with Gasteiger partial charge in [-0.2, -0.15) is 15.3 Å². The Morgan fingerprint density at radius 3 is 2.55 bits per heavy atom. The van der Waals surface area contributed by atoms with Crippen LogP contribution in [0, 0.1) is 20.8 Å². The van der Waals surface area contributed by atoms with Gasteiger partial charge in [0.2, 0.25) is 5.88 Å². The van der Waals surface area contributed by atoms with Gasteiger partial charge >= 0.3 is 0 Å². The smallest absolute Gasteiger partial charge is 0.221 e. The number of aromatic nitrogens is 7. The Morgan fingerprint density at radius 2 is 1.76 bits per heavy atom. The van der Waals surface area contributed by atoms with Crippen LogP contribution in [0.3, 0.4) is 0 Å². The number of ether oxygens (including phenoxy) is 1. The van der Waals surface area contributed by atoms with E-state index in [0.29, 0.717) is 0 Å². The summed E-state index contributed by atoms with van der Waals surface area (Å²) in [6.45, 7) is 9.64. The lowest BCUT2D eigenvalue weighted by molar-refractivity contribution is 0.147. The fourth-order valence-corrected chi connectivity index (χ4v) is 4.79. The molecule has 2 bridgehead atoms. The van der Waals surface area contributed by atoms with E-state index in [0.717, 1.165) is 75.2 Å². The number of H-pyrrole nitrogens is 1. The largest absolute Gasteiger partial charge is 0.473 e. The van der Waals surface area contributed by atoms with Gasteiger partial charge in [0, 0.05) is 38.1 Å². The predicted molar refractivity (Wildman–Crippen MR) is 129 cm³/mol. The average Bonchev–Trinajstić information content (AvgIpc) is 3.34. The molecule has 1 atom stereocenters. The second-order valence-corrected chi connectivity index (χ2v) is 9.04. The highest BCUT2D eigenvalue weighted by Crippen LogP contribution is 2.35. The molecule has 4 aromatic heterocycles. The minimum Gasteiger partial charge on any atom is -0.473 e. The number of likely N-dealkylation sites (N-methyl/N-ethyl adjacent to an activating group) is 1. The van der Waals surface area contributed by atoms with Crippen LogP contribution in [-0.2, 0) is 20.6 Å². The minimum absolute atomic E-state index is 0.0451. The summed E-state index contributed by atoms with van der Waals surface area (Å²) in [6.07, 6.45) is 4.17. The first kappa shape index (κ1) is 21.4. The highest BCUT2D eigenvalue weighted by atomic mass is 16.5. The number of pyridine rings is 1. The van der Waals surface area contributed by atoms with Gasteiger partial charge in [0.15, 0.2) is 0 Å². The number of hydrogen-bond acceptors (Lipinski definition) is 6. The van der Waals surface area contributed by atoms with E-state index in [-0.39, 0.29) is 6.10 Å². The van der Waals surface area contributed by atoms with Gasteiger partial charge in [0.25, 0.3) is 0 Å². The third-order valence-electron chi connectivity index (χ3n) is 6.28. The summed E-state index contributed by atoms with van der Waals surface area (Å²) >= 11 is 0. The SMILES string of the molecule is Cc1nn(C)c2c1/C=C/c1[nH]nc3c(C)nc(cc13)-c1c(C)nn(C)c1O[C@@H](C)CN(C)C2. The summed E-state index contributed by atoms with van der Waals surface area (Å²) < 4.78 is 10.2. The lowest BCUT2D eigenvalue weighted by Gasteiger charge is -2.23. The summed E-state index contributed by atoms with van der Waals surface area (Å²) in [7, 11) is 6.02. The molecule has 1 N–H and O–H groups in total. The van der Waals surface area contributed by atoms with Crippen molar-refractivity contribution < 1.29 is 4.74 Å². The van der Waals surface area contributed by atoms with Crippen LogP contribution in [0.2, 0.25) is 0 Å². The van der Waals surface area contributed by atoms with Crippen molar-refractivity contribution in [2.24, 2.45) is 14.1 Å². The average molecular weight is 447 g/mol. The van der Waals surface area contributed by atoms with Crippen LogP contribution in [0.15, 0.2) is 6.07 Å². The maximum Gasteiger partial charge on any atom is 0.221 e. The molecule has 33 heavy (non-hydrogen) atoms. The van der Waals surface area contributed by atoms with E-state index in [4.69, 9.17) is 9.72 Å². The summed E-state index contributed by atoms with van der Waals surface area (Å²) in [5.74, 6) is 0.729. The van der Waals surface area contributed by atoms with E-state index < -0.39 is 0 Å². The van der Waals surface area contributed by atoms with Crippen molar-refractivity contribution in [3.63, 3.8) is 0 Å². The molecule has 0 saturated heterocycles. The van der Waals surface area contributed by atoms with Crippen molar-refractivity contribution in [3.8, 4) is 17.1 Å². The lowest BCUT2D eigenvalue weighted by atomic mass is 10.1. The number of aromatic amines is 1. The quantitative estimate of drug-likeness (QED) is 0.445.